The van der Waals surface area contributed by atoms with E-state index in [1.165, 1.54) is 24.5 Å². The Labute approximate surface area is 103 Å². The molecule has 1 aromatic carbocycles. The molecule has 0 spiro atoms. The summed E-state index contributed by atoms with van der Waals surface area (Å²) < 4.78 is 27.7. The van der Waals surface area contributed by atoms with Crippen LogP contribution in [0, 0.1) is 16.3 Å². The third kappa shape index (κ3) is 2.03. The number of nitrogens with zero attached hydrogens (tertiary/aromatic N) is 1. The highest BCUT2D eigenvalue weighted by Crippen LogP contribution is 2.28. The fourth-order valence-electron chi connectivity index (χ4n) is 1.28. The second kappa shape index (κ2) is 4.39. The maximum Gasteiger partial charge on any atom is 0.149 e. The molecule has 1 N–H and O–H groups in total. The lowest BCUT2D eigenvalue weighted by Gasteiger charge is -2.05. The quantitative estimate of drug-likeness (QED) is 0.640. The van der Waals surface area contributed by atoms with Gasteiger partial charge in [-0.15, -0.1) is 0 Å². The molecule has 0 aliphatic heterocycles. The fourth-order valence-corrected chi connectivity index (χ4v) is 1.78. The van der Waals surface area contributed by atoms with Gasteiger partial charge in [-0.25, -0.2) is 8.78 Å². The predicted molar refractivity (Wildman–Crippen MR) is 62.5 cm³/mol. The van der Waals surface area contributed by atoms with Gasteiger partial charge in [0.2, 0.25) is 0 Å². The number of hydrogen-bond acceptors (Lipinski definition) is 2. The summed E-state index contributed by atoms with van der Waals surface area (Å²) in [5.74, 6) is -1.35. The van der Waals surface area contributed by atoms with Crippen molar-refractivity contribution in [3.8, 4) is 11.3 Å². The van der Waals surface area contributed by atoms with Crippen LogP contribution in [-0.4, -0.2) is 9.97 Å². The lowest BCUT2D eigenvalue weighted by Crippen LogP contribution is -1.94. The van der Waals surface area contributed by atoms with E-state index in [-0.39, 0.29) is 15.7 Å². The van der Waals surface area contributed by atoms with Gasteiger partial charge >= 0.3 is 0 Å². The third-order valence-electron chi connectivity index (χ3n) is 1.97. The second-order valence-electron chi connectivity index (χ2n) is 3.03. The van der Waals surface area contributed by atoms with Gasteiger partial charge < -0.3 is 4.98 Å². The van der Waals surface area contributed by atoms with E-state index >= 15 is 0 Å². The van der Waals surface area contributed by atoms with E-state index in [9.17, 15) is 8.78 Å². The Kier molecular flexibility index (Phi) is 3.11. The minimum Gasteiger partial charge on any atom is -0.343 e. The summed E-state index contributed by atoms with van der Waals surface area (Å²) in [6.07, 6.45) is 2.72. The second-order valence-corrected chi connectivity index (χ2v) is 4.32. The predicted octanol–water partition coefficient (Wildman–Crippen LogP) is 3.85. The van der Waals surface area contributed by atoms with E-state index in [1.807, 2.05) is 0 Å². The summed E-state index contributed by atoms with van der Waals surface area (Å²) in [5, 5.41) is 0. The average molecular weight is 303 g/mol. The van der Waals surface area contributed by atoms with Crippen LogP contribution in [0.25, 0.3) is 11.3 Å². The van der Waals surface area contributed by atoms with Gasteiger partial charge in [0.15, 0.2) is 0 Å². The molecule has 0 aliphatic carbocycles. The van der Waals surface area contributed by atoms with E-state index in [4.69, 9.17) is 12.2 Å². The summed E-state index contributed by atoms with van der Waals surface area (Å²) in [4.78, 5) is 6.47. The maximum absolute atomic E-state index is 13.7. The first-order valence-electron chi connectivity index (χ1n) is 4.28. The van der Waals surface area contributed by atoms with Crippen LogP contribution in [0.1, 0.15) is 0 Å². The number of H-pyrrole nitrogens is 1. The first-order chi connectivity index (χ1) is 7.59. The van der Waals surface area contributed by atoms with E-state index in [0.29, 0.717) is 4.64 Å². The normalized spacial score (nSPS) is 10.4. The zero-order chi connectivity index (χ0) is 11.7. The van der Waals surface area contributed by atoms with Crippen LogP contribution in [-0.2, 0) is 0 Å². The molecule has 0 saturated heterocycles. The van der Waals surface area contributed by atoms with Crippen molar-refractivity contribution in [1.29, 1.82) is 0 Å². The Hall–Kier alpha value is -1.14. The van der Waals surface area contributed by atoms with Crippen molar-refractivity contribution in [2.75, 3.05) is 0 Å². The molecular formula is C10H5BrF2N2S. The molecular weight excluding hydrogens is 298 g/mol. The van der Waals surface area contributed by atoms with Gasteiger partial charge in [-0.1, -0.05) is 12.2 Å². The third-order valence-corrected chi connectivity index (χ3v) is 2.79. The molecule has 0 unspecified atom stereocenters. The number of aromatic nitrogens is 2. The van der Waals surface area contributed by atoms with Crippen LogP contribution in [0.5, 0.6) is 0 Å². The highest BCUT2D eigenvalue weighted by Gasteiger charge is 2.14. The summed E-state index contributed by atoms with van der Waals surface area (Å²) in [6.45, 7) is 0. The SMILES string of the molecule is Fc1ccc(Br)c(F)c1-c1cncc(=S)[nH]1. The molecule has 82 valence electrons. The van der Waals surface area contributed by atoms with Crippen molar-refractivity contribution in [1.82, 2.24) is 9.97 Å². The molecule has 0 fully saturated rings. The minimum atomic E-state index is -0.682. The van der Waals surface area contributed by atoms with Crippen molar-refractivity contribution < 1.29 is 8.78 Å². The van der Waals surface area contributed by atoms with Gasteiger partial charge in [0.1, 0.15) is 16.3 Å². The van der Waals surface area contributed by atoms with Crippen LogP contribution in [0.2, 0.25) is 0 Å². The van der Waals surface area contributed by atoms with Gasteiger partial charge in [0.25, 0.3) is 0 Å². The van der Waals surface area contributed by atoms with Crippen LogP contribution in [0.3, 0.4) is 0 Å². The van der Waals surface area contributed by atoms with Gasteiger partial charge in [-0.2, -0.15) is 0 Å². The van der Waals surface area contributed by atoms with Gasteiger partial charge in [-0.3, -0.25) is 4.98 Å². The van der Waals surface area contributed by atoms with Crippen molar-refractivity contribution in [3.05, 3.63) is 45.3 Å². The number of nitrogens with one attached hydrogen (secondary N) is 1. The largest absolute Gasteiger partial charge is 0.343 e. The number of rotatable bonds is 1. The highest BCUT2D eigenvalue weighted by molar-refractivity contribution is 9.10. The summed E-state index contributed by atoms with van der Waals surface area (Å²) in [5.41, 5.74) is 0.0392. The van der Waals surface area contributed by atoms with Crippen molar-refractivity contribution in [2.45, 2.75) is 0 Å². The smallest absolute Gasteiger partial charge is 0.149 e. The Morgan fingerprint density at radius 2 is 2.00 bits per heavy atom. The van der Waals surface area contributed by atoms with Gasteiger partial charge in [0, 0.05) is 0 Å². The van der Waals surface area contributed by atoms with Crippen LogP contribution < -0.4 is 0 Å². The minimum absolute atomic E-state index is 0.173. The monoisotopic (exact) mass is 302 g/mol. The van der Waals surface area contributed by atoms with E-state index < -0.39 is 11.6 Å². The number of aromatic amines is 1. The molecule has 1 heterocycles. The summed E-state index contributed by atoms with van der Waals surface area (Å²) in [7, 11) is 0. The summed E-state index contributed by atoms with van der Waals surface area (Å²) in [6, 6.07) is 2.48. The molecule has 0 bridgehead atoms. The molecule has 2 nitrogen and oxygen atoms in total. The standard InChI is InChI=1S/C10H5BrF2N2S/c11-5-1-2-6(12)9(10(5)13)7-3-14-4-8(16)15-7/h1-4H,(H,15,16). The van der Waals surface area contributed by atoms with Crippen molar-refractivity contribution in [3.63, 3.8) is 0 Å². The average Bonchev–Trinajstić information content (AvgIpc) is 2.24. The van der Waals surface area contributed by atoms with Crippen molar-refractivity contribution >= 4 is 28.1 Å². The zero-order valence-corrected chi connectivity index (χ0v) is 10.2. The highest BCUT2D eigenvalue weighted by atomic mass is 79.9. The molecule has 2 aromatic rings. The van der Waals surface area contributed by atoms with Crippen LogP contribution in [0.4, 0.5) is 8.78 Å². The van der Waals surface area contributed by atoms with Crippen LogP contribution >= 0.6 is 28.1 Å². The summed E-state index contributed by atoms with van der Waals surface area (Å²) >= 11 is 7.84. The number of halogens is 3. The van der Waals surface area contributed by atoms with Gasteiger partial charge in [-0.05, 0) is 28.1 Å². The zero-order valence-electron chi connectivity index (χ0n) is 7.80. The first kappa shape index (κ1) is 11.3. The van der Waals surface area contributed by atoms with Gasteiger partial charge in [0.05, 0.1) is 28.1 Å². The van der Waals surface area contributed by atoms with E-state index in [2.05, 4.69) is 25.9 Å². The molecule has 16 heavy (non-hydrogen) atoms. The fraction of sp³-hybridized carbons (Fsp3) is 0. The molecule has 0 amide bonds. The molecule has 0 saturated carbocycles. The number of hydrogen-bond donors (Lipinski definition) is 1. The molecule has 1 aromatic heterocycles. The van der Waals surface area contributed by atoms with E-state index in [0.717, 1.165) is 0 Å². The Balaban J connectivity index is 2.73. The maximum atomic E-state index is 13.7. The Morgan fingerprint density at radius 3 is 2.69 bits per heavy atom. The lowest BCUT2D eigenvalue weighted by atomic mass is 10.1. The topological polar surface area (TPSA) is 28.7 Å². The molecule has 0 radical (unpaired) electrons. The van der Waals surface area contributed by atoms with E-state index in [1.54, 1.807) is 0 Å². The lowest BCUT2D eigenvalue weighted by molar-refractivity contribution is 0.584. The van der Waals surface area contributed by atoms with Crippen molar-refractivity contribution in [2.24, 2.45) is 0 Å². The molecule has 0 atom stereocenters. The number of benzene rings is 1. The molecule has 0 aliphatic rings. The molecule has 2 rings (SSSR count). The Morgan fingerprint density at radius 1 is 1.25 bits per heavy atom. The van der Waals surface area contributed by atoms with Crippen LogP contribution in [0.15, 0.2) is 29.0 Å². The Bertz CT molecular complexity index is 598. The molecule has 6 heteroatoms. The first-order valence-corrected chi connectivity index (χ1v) is 5.48.